The van der Waals surface area contributed by atoms with Crippen molar-refractivity contribution in [3.8, 4) is 11.3 Å². The molecule has 1 aromatic carbocycles. The fraction of sp³-hybridized carbons (Fsp3) is 0.167. The summed E-state index contributed by atoms with van der Waals surface area (Å²) in [5.74, 6) is 0. The van der Waals surface area contributed by atoms with Crippen LogP contribution in [0.4, 0.5) is 4.79 Å². The maximum Gasteiger partial charge on any atom is 0.404 e. The number of aromatic amines is 1. The predicted molar refractivity (Wildman–Crippen MR) is 98.6 cm³/mol. The van der Waals surface area contributed by atoms with Crippen molar-refractivity contribution in [1.29, 1.82) is 0 Å². The lowest BCUT2D eigenvalue weighted by Gasteiger charge is -2.04. The van der Waals surface area contributed by atoms with Gasteiger partial charge in [0, 0.05) is 24.7 Å². The lowest BCUT2D eigenvalue weighted by Crippen LogP contribution is -2.20. The Morgan fingerprint density at radius 3 is 2.81 bits per heavy atom. The summed E-state index contributed by atoms with van der Waals surface area (Å²) in [5.41, 5.74) is 11.6. The first kappa shape index (κ1) is 16.1. The molecule has 0 fully saturated rings. The van der Waals surface area contributed by atoms with Crippen LogP contribution in [0, 0.1) is 0 Å². The van der Waals surface area contributed by atoms with Crippen LogP contribution in [0.15, 0.2) is 36.7 Å². The van der Waals surface area contributed by atoms with Crippen LogP contribution in [-0.2, 0) is 20.1 Å². The fourth-order valence-corrected chi connectivity index (χ4v) is 3.12. The van der Waals surface area contributed by atoms with Crippen molar-refractivity contribution in [2.24, 2.45) is 12.8 Å². The van der Waals surface area contributed by atoms with E-state index in [1.807, 2.05) is 41.9 Å². The van der Waals surface area contributed by atoms with E-state index in [4.69, 9.17) is 10.8 Å². The van der Waals surface area contributed by atoms with Gasteiger partial charge in [-0.15, -0.1) is 0 Å². The Morgan fingerprint density at radius 2 is 2.12 bits per heavy atom. The molecule has 26 heavy (non-hydrogen) atoms. The van der Waals surface area contributed by atoms with Gasteiger partial charge in [0.2, 0.25) is 0 Å². The molecule has 1 amide bonds. The van der Waals surface area contributed by atoms with Crippen molar-refractivity contribution in [3.63, 3.8) is 0 Å². The molecule has 0 spiro atoms. The van der Waals surface area contributed by atoms with Crippen molar-refractivity contribution in [2.45, 2.75) is 13.1 Å². The number of carbonyl (C=O) groups is 1. The smallest absolute Gasteiger partial charge is 0.404 e. The molecule has 0 aliphatic carbocycles. The van der Waals surface area contributed by atoms with Gasteiger partial charge in [-0.1, -0.05) is 24.3 Å². The second kappa shape index (κ2) is 6.16. The van der Waals surface area contributed by atoms with Crippen LogP contribution in [0.1, 0.15) is 11.3 Å². The zero-order valence-electron chi connectivity index (χ0n) is 14.2. The van der Waals surface area contributed by atoms with Gasteiger partial charge < -0.3 is 25.7 Å². The van der Waals surface area contributed by atoms with Gasteiger partial charge in [-0.25, -0.2) is 14.8 Å². The molecule has 8 nitrogen and oxygen atoms in total. The zero-order valence-corrected chi connectivity index (χ0v) is 14.2. The van der Waals surface area contributed by atoms with E-state index in [-0.39, 0.29) is 6.54 Å². The molecule has 0 unspecified atom stereocenters. The highest BCUT2D eigenvalue weighted by molar-refractivity contribution is 6.04. The first-order valence-electron chi connectivity index (χ1n) is 8.15. The van der Waals surface area contributed by atoms with Crippen molar-refractivity contribution in [2.75, 3.05) is 0 Å². The summed E-state index contributed by atoms with van der Waals surface area (Å²) < 4.78 is 1.92. The molecule has 0 aliphatic heterocycles. The highest BCUT2D eigenvalue weighted by atomic mass is 16.4. The number of H-pyrrole nitrogens is 1. The Hall–Kier alpha value is -3.39. The summed E-state index contributed by atoms with van der Waals surface area (Å²) >= 11 is 0. The molecule has 0 bridgehead atoms. The summed E-state index contributed by atoms with van der Waals surface area (Å²) in [6.07, 6.45) is 0.613. The number of aryl methyl sites for hydroxylation is 1. The van der Waals surface area contributed by atoms with Crippen molar-refractivity contribution >= 4 is 28.2 Å². The molecular formula is C18H18N6O2. The second-order valence-corrected chi connectivity index (χ2v) is 6.12. The summed E-state index contributed by atoms with van der Waals surface area (Å²) in [6.45, 7) is 0.600. The van der Waals surface area contributed by atoms with E-state index in [0.717, 1.165) is 27.7 Å². The monoisotopic (exact) mass is 350 g/mol. The van der Waals surface area contributed by atoms with Gasteiger partial charge in [-0.2, -0.15) is 0 Å². The molecule has 0 atom stereocenters. The number of imidazole rings is 1. The number of benzene rings is 1. The van der Waals surface area contributed by atoms with E-state index in [2.05, 4.69) is 20.3 Å². The number of hydrogen-bond acceptors (Lipinski definition) is 4. The van der Waals surface area contributed by atoms with Gasteiger partial charge in [0.15, 0.2) is 0 Å². The molecule has 3 heterocycles. The largest absolute Gasteiger partial charge is 0.465 e. The van der Waals surface area contributed by atoms with Crippen LogP contribution in [-0.4, -0.2) is 30.7 Å². The van der Waals surface area contributed by atoms with Gasteiger partial charge in [0.1, 0.15) is 11.2 Å². The Bertz CT molecular complexity index is 1110. The molecule has 5 N–H and O–H groups in total. The number of nitrogens with two attached hydrogens (primary N) is 1. The Morgan fingerprint density at radius 1 is 1.35 bits per heavy atom. The van der Waals surface area contributed by atoms with Crippen molar-refractivity contribution in [3.05, 3.63) is 47.9 Å². The normalized spacial score (nSPS) is 11.3. The van der Waals surface area contributed by atoms with Gasteiger partial charge >= 0.3 is 6.09 Å². The van der Waals surface area contributed by atoms with Gasteiger partial charge in [0.25, 0.3) is 0 Å². The number of carboxylic acid groups (broad SMARTS) is 1. The molecule has 0 saturated carbocycles. The number of rotatable bonds is 4. The molecule has 0 aliphatic rings. The number of hydrogen-bond donors (Lipinski definition) is 4. The molecule has 3 aromatic heterocycles. The molecule has 4 aromatic rings. The Kier molecular flexibility index (Phi) is 3.81. The number of aromatic nitrogens is 4. The first-order chi connectivity index (χ1) is 12.6. The van der Waals surface area contributed by atoms with Crippen LogP contribution in [0.25, 0.3) is 33.3 Å². The average Bonchev–Trinajstić information content (AvgIpc) is 3.23. The third-order valence-corrected chi connectivity index (χ3v) is 4.42. The summed E-state index contributed by atoms with van der Waals surface area (Å²) in [7, 11) is 1.91. The lowest BCUT2D eigenvalue weighted by atomic mass is 10.1. The number of nitrogens with zero attached hydrogens (tertiary/aromatic N) is 3. The van der Waals surface area contributed by atoms with Crippen LogP contribution in [0.3, 0.4) is 0 Å². The molecule has 132 valence electrons. The standard InChI is InChI=1S/C18H18N6O2/c1-24-9-21-15-14(8-20-18(25)26)23-17-12(16(15)24)6-13(22-17)11-4-2-10(7-19)3-5-11/h2-6,9,20H,7-8,19H2,1H3,(H,22,23)(H,25,26). The third-order valence-electron chi connectivity index (χ3n) is 4.42. The van der Waals surface area contributed by atoms with Crippen LogP contribution < -0.4 is 11.1 Å². The van der Waals surface area contributed by atoms with E-state index in [1.54, 1.807) is 6.33 Å². The minimum Gasteiger partial charge on any atom is -0.465 e. The first-order valence-corrected chi connectivity index (χ1v) is 8.15. The molecular weight excluding hydrogens is 332 g/mol. The predicted octanol–water partition coefficient (Wildman–Crippen LogP) is 2.34. The summed E-state index contributed by atoms with van der Waals surface area (Å²) in [5, 5.41) is 12.2. The van der Waals surface area contributed by atoms with Crippen LogP contribution >= 0.6 is 0 Å². The number of amides is 1. The molecule has 0 radical (unpaired) electrons. The maximum atomic E-state index is 10.8. The summed E-state index contributed by atoms with van der Waals surface area (Å²) in [4.78, 5) is 23.1. The molecule has 8 heteroatoms. The van der Waals surface area contributed by atoms with Gasteiger partial charge in [-0.3, -0.25) is 0 Å². The van der Waals surface area contributed by atoms with E-state index in [1.165, 1.54) is 0 Å². The van der Waals surface area contributed by atoms with Crippen LogP contribution in [0.2, 0.25) is 0 Å². The molecule has 0 saturated heterocycles. The number of fused-ring (bicyclic) bond motifs is 3. The van der Waals surface area contributed by atoms with Crippen molar-refractivity contribution in [1.82, 2.24) is 24.8 Å². The quantitative estimate of drug-likeness (QED) is 0.450. The highest BCUT2D eigenvalue weighted by Gasteiger charge is 2.16. The average molecular weight is 350 g/mol. The second-order valence-electron chi connectivity index (χ2n) is 6.12. The third kappa shape index (κ3) is 2.66. The Balaban J connectivity index is 1.87. The van der Waals surface area contributed by atoms with Gasteiger partial charge in [-0.05, 0) is 17.2 Å². The summed E-state index contributed by atoms with van der Waals surface area (Å²) in [6, 6.07) is 10.1. The number of pyridine rings is 1. The zero-order chi connectivity index (χ0) is 18.3. The minimum atomic E-state index is -1.09. The number of nitrogens with one attached hydrogen (secondary N) is 2. The topological polar surface area (TPSA) is 122 Å². The van der Waals surface area contributed by atoms with Crippen molar-refractivity contribution < 1.29 is 9.90 Å². The maximum absolute atomic E-state index is 10.8. The fourth-order valence-electron chi connectivity index (χ4n) is 3.12. The SMILES string of the molecule is Cn1cnc2c(CNC(=O)O)nc3[nH]c(-c4ccc(CN)cc4)cc3c21. The Labute approximate surface area is 148 Å². The van der Waals surface area contributed by atoms with E-state index >= 15 is 0 Å². The molecule has 4 rings (SSSR count). The van der Waals surface area contributed by atoms with E-state index < -0.39 is 6.09 Å². The van der Waals surface area contributed by atoms with Gasteiger partial charge in [0.05, 0.1) is 24.1 Å². The van der Waals surface area contributed by atoms with E-state index in [0.29, 0.717) is 23.4 Å². The van der Waals surface area contributed by atoms with E-state index in [9.17, 15) is 4.79 Å². The van der Waals surface area contributed by atoms with Crippen LogP contribution in [0.5, 0.6) is 0 Å². The highest BCUT2D eigenvalue weighted by Crippen LogP contribution is 2.30. The minimum absolute atomic E-state index is 0.0956. The lowest BCUT2D eigenvalue weighted by molar-refractivity contribution is 0.194.